The standard InChI is InChI=1S/C11H25NOS/c1-5-7-10(3)11(6-2)12-8-9-14(4)13/h10-12H,5-9H2,1-4H3. The molecule has 3 heteroatoms. The molecule has 0 heterocycles. The van der Waals surface area contributed by atoms with Crippen molar-refractivity contribution in [3.63, 3.8) is 0 Å². The molecule has 0 spiro atoms. The average Bonchev–Trinajstić information content (AvgIpc) is 2.12. The van der Waals surface area contributed by atoms with Crippen LogP contribution in [0.15, 0.2) is 0 Å². The summed E-state index contributed by atoms with van der Waals surface area (Å²) in [7, 11) is -0.663. The van der Waals surface area contributed by atoms with Crippen LogP contribution in [-0.2, 0) is 10.8 Å². The van der Waals surface area contributed by atoms with E-state index in [0.717, 1.165) is 24.6 Å². The minimum atomic E-state index is -0.663. The molecule has 0 amide bonds. The normalized spacial score (nSPS) is 17.7. The summed E-state index contributed by atoms with van der Waals surface area (Å²) in [5.41, 5.74) is 0. The average molecular weight is 219 g/mol. The van der Waals surface area contributed by atoms with Crippen molar-refractivity contribution in [1.82, 2.24) is 5.32 Å². The Balaban J connectivity index is 3.72. The number of rotatable bonds is 8. The fourth-order valence-electron chi connectivity index (χ4n) is 1.79. The Morgan fingerprint density at radius 1 is 1.36 bits per heavy atom. The highest BCUT2D eigenvalue weighted by Crippen LogP contribution is 2.12. The smallest absolute Gasteiger partial charge is 0.0357 e. The van der Waals surface area contributed by atoms with Gasteiger partial charge in [0, 0.05) is 35.4 Å². The van der Waals surface area contributed by atoms with Crippen molar-refractivity contribution < 1.29 is 4.21 Å². The monoisotopic (exact) mass is 219 g/mol. The number of hydrogen-bond acceptors (Lipinski definition) is 2. The van der Waals surface area contributed by atoms with Gasteiger partial charge in [-0.1, -0.05) is 27.2 Å². The molecule has 0 aromatic rings. The van der Waals surface area contributed by atoms with Crippen LogP contribution in [0.1, 0.15) is 40.0 Å². The summed E-state index contributed by atoms with van der Waals surface area (Å²) in [6.07, 6.45) is 5.45. The molecular formula is C11H25NOS. The lowest BCUT2D eigenvalue weighted by molar-refractivity contribution is 0.352. The first-order valence-electron chi connectivity index (χ1n) is 5.65. The van der Waals surface area contributed by atoms with Crippen molar-refractivity contribution in [3.05, 3.63) is 0 Å². The zero-order valence-electron chi connectivity index (χ0n) is 10.0. The molecule has 0 saturated heterocycles. The topological polar surface area (TPSA) is 29.1 Å². The van der Waals surface area contributed by atoms with Gasteiger partial charge in [-0.2, -0.15) is 0 Å². The third-order valence-electron chi connectivity index (χ3n) is 2.67. The van der Waals surface area contributed by atoms with E-state index in [4.69, 9.17) is 0 Å². The van der Waals surface area contributed by atoms with E-state index in [9.17, 15) is 4.21 Å². The van der Waals surface area contributed by atoms with Gasteiger partial charge in [0.15, 0.2) is 0 Å². The van der Waals surface area contributed by atoms with Gasteiger partial charge in [0.1, 0.15) is 0 Å². The summed E-state index contributed by atoms with van der Waals surface area (Å²) in [6.45, 7) is 7.63. The minimum absolute atomic E-state index is 0.596. The van der Waals surface area contributed by atoms with E-state index in [1.807, 2.05) is 0 Å². The van der Waals surface area contributed by atoms with E-state index in [2.05, 4.69) is 26.1 Å². The minimum Gasteiger partial charge on any atom is -0.313 e. The van der Waals surface area contributed by atoms with Crippen LogP contribution in [0.25, 0.3) is 0 Å². The van der Waals surface area contributed by atoms with Gasteiger partial charge < -0.3 is 5.32 Å². The highest BCUT2D eigenvalue weighted by atomic mass is 32.2. The summed E-state index contributed by atoms with van der Waals surface area (Å²) in [4.78, 5) is 0. The van der Waals surface area contributed by atoms with E-state index in [-0.39, 0.29) is 0 Å². The summed E-state index contributed by atoms with van der Waals surface area (Å²) >= 11 is 0. The van der Waals surface area contributed by atoms with Gasteiger partial charge in [-0.3, -0.25) is 4.21 Å². The van der Waals surface area contributed by atoms with Gasteiger partial charge in [-0.25, -0.2) is 0 Å². The lowest BCUT2D eigenvalue weighted by Crippen LogP contribution is -2.36. The molecule has 0 aliphatic heterocycles. The van der Waals surface area contributed by atoms with E-state index in [1.165, 1.54) is 12.8 Å². The third kappa shape index (κ3) is 6.55. The van der Waals surface area contributed by atoms with Gasteiger partial charge in [-0.05, 0) is 18.8 Å². The van der Waals surface area contributed by atoms with Crippen molar-refractivity contribution in [1.29, 1.82) is 0 Å². The van der Waals surface area contributed by atoms with Crippen molar-refractivity contribution >= 4 is 10.8 Å². The van der Waals surface area contributed by atoms with Crippen molar-refractivity contribution in [2.75, 3.05) is 18.6 Å². The van der Waals surface area contributed by atoms with Gasteiger partial charge in [0.25, 0.3) is 0 Å². The molecule has 0 radical (unpaired) electrons. The highest BCUT2D eigenvalue weighted by molar-refractivity contribution is 7.84. The number of hydrogen-bond donors (Lipinski definition) is 1. The summed E-state index contributed by atoms with van der Waals surface area (Å²) < 4.78 is 10.9. The maximum Gasteiger partial charge on any atom is 0.0357 e. The molecule has 0 aliphatic carbocycles. The van der Waals surface area contributed by atoms with Gasteiger partial charge in [0.2, 0.25) is 0 Å². The van der Waals surface area contributed by atoms with E-state index < -0.39 is 10.8 Å². The van der Waals surface area contributed by atoms with Gasteiger partial charge in [-0.15, -0.1) is 0 Å². The molecule has 3 atom stereocenters. The second-order valence-electron chi connectivity index (χ2n) is 4.01. The van der Waals surface area contributed by atoms with E-state index in [0.29, 0.717) is 6.04 Å². The molecule has 0 aliphatic rings. The molecule has 1 N–H and O–H groups in total. The van der Waals surface area contributed by atoms with Gasteiger partial charge >= 0.3 is 0 Å². The van der Waals surface area contributed by atoms with E-state index in [1.54, 1.807) is 6.26 Å². The van der Waals surface area contributed by atoms with Crippen molar-refractivity contribution in [3.8, 4) is 0 Å². The molecule has 0 aromatic carbocycles. The van der Waals surface area contributed by atoms with Crippen molar-refractivity contribution in [2.45, 2.75) is 46.1 Å². The van der Waals surface area contributed by atoms with Crippen LogP contribution in [0.3, 0.4) is 0 Å². The summed E-state index contributed by atoms with van der Waals surface area (Å²) in [5, 5.41) is 3.49. The highest BCUT2D eigenvalue weighted by Gasteiger charge is 2.13. The fraction of sp³-hybridized carbons (Fsp3) is 1.00. The molecule has 0 bridgehead atoms. The Labute approximate surface area is 91.3 Å². The largest absolute Gasteiger partial charge is 0.313 e. The molecule has 2 nitrogen and oxygen atoms in total. The predicted octanol–water partition coefficient (Wildman–Crippen LogP) is 2.17. The second-order valence-corrected chi connectivity index (χ2v) is 5.57. The molecule has 0 fully saturated rings. The quantitative estimate of drug-likeness (QED) is 0.678. The first-order chi connectivity index (χ1) is 6.61. The van der Waals surface area contributed by atoms with Crippen LogP contribution in [0, 0.1) is 5.92 Å². The van der Waals surface area contributed by atoms with Crippen molar-refractivity contribution in [2.24, 2.45) is 5.92 Å². The zero-order chi connectivity index (χ0) is 11.0. The van der Waals surface area contributed by atoms with Gasteiger partial charge in [0.05, 0.1) is 0 Å². The van der Waals surface area contributed by atoms with Crippen LogP contribution in [0.5, 0.6) is 0 Å². The molecular weight excluding hydrogens is 194 g/mol. The maximum atomic E-state index is 10.9. The Hall–Kier alpha value is 0.110. The second kappa shape index (κ2) is 8.42. The first-order valence-corrected chi connectivity index (χ1v) is 7.37. The van der Waals surface area contributed by atoms with Crippen LogP contribution < -0.4 is 5.32 Å². The van der Waals surface area contributed by atoms with Crippen LogP contribution in [0.2, 0.25) is 0 Å². The Kier molecular flexibility index (Phi) is 8.49. The molecule has 3 unspecified atom stereocenters. The van der Waals surface area contributed by atoms with Crippen LogP contribution >= 0.6 is 0 Å². The van der Waals surface area contributed by atoms with Crippen LogP contribution in [0.4, 0.5) is 0 Å². The van der Waals surface area contributed by atoms with Crippen LogP contribution in [-0.4, -0.2) is 28.8 Å². The Morgan fingerprint density at radius 3 is 2.43 bits per heavy atom. The summed E-state index contributed by atoms with van der Waals surface area (Å²) in [6, 6.07) is 0.596. The molecule has 0 rings (SSSR count). The SMILES string of the molecule is CCCC(C)C(CC)NCCS(C)=O. The van der Waals surface area contributed by atoms with E-state index >= 15 is 0 Å². The molecule has 0 aromatic heterocycles. The third-order valence-corrected chi connectivity index (χ3v) is 3.45. The zero-order valence-corrected chi connectivity index (χ0v) is 10.8. The molecule has 86 valence electrons. The lowest BCUT2D eigenvalue weighted by Gasteiger charge is -2.23. The Bertz CT molecular complexity index is 161. The molecule has 0 saturated carbocycles. The lowest BCUT2D eigenvalue weighted by atomic mass is 9.95. The maximum absolute atomic E-state index is 10.9. The number of nitrogens with one attached hydrogen (secondary N) is 1. The fourth-order valence-corrected chi connectivity index (χ4v) is 2.20. The molecule has 14 heavy (non-hydrogen) atoms. The first kappa shape index (κ1) is 14.1. The summed E-state index contributed by atoms with van der Waals surface area (Å²) in [5.74, 6) is 1.50. The predicted molar refractivity (Wildman–Crippen MR) is 65.1 cm³/mol. The Morgan fingerprint density at radius 2 is 2.00 bits per heavy atom.